The van der Waals surface area contributed by atoms with E-state index in [-0.39, 0.29) is 4.21 Å². The Balaban J connectivity index is 2.81. The van der Waals surface area contributed by atoms with Gasteiger partial charge in [0.15, 0.2) is 4.21 Å². The third kappa shape index (κ3) is 1.67. The molecule has 14 heavy (non-hydrogen) atoms. The molecule has 0 aliphatic heterocycles. The van der Waals surface area contributed by atoms with Gasteiger partial charge in [0.2, 0.25) is 0 Å². The van der Waals surface area contributed by atoms with E-state index < -0.39 is 10.2 Å². The van der Waals surface area contributed by atoms with E-state index >= 15 is 0 Å². The number of hydrogen-bond acceptors (Lipinski definition) is 4. The van der Waals surface area contributed by atoms with Gasteiger partial charge in [-0.05, 0) is 22.0 Å². The van der Waals surface area contributed by atoms with Crippen LogP contribution in [0, 0.1) is 0 Å². The van der Waals surface area contributed by atoms with Crippen molar-refractivity contribution in [1.29, 1.82) is 0 Å². The minimum Gasteiger partial charge on any atom is -0.262 e. The number of nitrogens with zero attached hydrogens (tertiary/aromatic N) is 1. The average Bonchev–Trinajstić information content (AvgIpc) is 2.48. The van der Waals surface area contributed by atoms with Gasteiger partial charge in [-0.15, -0.1) is 11.3 Å². The zero-order chi connectivity index (χ0) is 10.3. The molecular formula is C7H3BrFNO2S2. The van der Waals surface area contributed by atoms with Crippen LogP contribution in [0.3, 0.4) is 0 Å². The second-order valence-electron chi connectivity index (χ2n) is 2.54. The van der Waals surface area contributed by atoms with Gasteiger partial charge in [-0.3, -0.25) is 4.98 Å². The van der Waals surface area contributed by atoms with Crippen LogP contribution in [0.1, 0.15) is 0 Å². The number of pyridine rings is 1. The Morgan fingerprint density at radius 2 is 2.14 bits per heavy atom. The fraction of sp³-hybridized carbons (Fsp3) is 0. The normalized spacial score (nSPS) is 12.1. The first-order valence-electron chi connectivity index (χ1n) is 3.46. The van der Waals surface area contributed by atoms with E-state index in [2.05, 4.69) is 20.9 Å². The second kappa shape index (κ2) is 3.25. The SMILES string of the molecule is O=S(=O)(F)c1cc2c(Br)cncc2s1. The summed E-state index contributed by atoms with van der Waals surface area (Å²) in [5.74, 6) is 0. The van der Waals surface area contributed by atoms with Crippen molar-refractivity contribution in [3.63, 3.8) is 0 Å². The van der Waals surface area contributed by atoms with Crippen molar-refractivity contribution in [3.8, 4) is 0 Å². The van der Waals surface area contributed by atoms with Gasteiger partial charge in [0.25, 0.3) is 0 Å². The molecule has 0 aliphatic carbocycles. The Bertz CT molecular complexity index is 593. The summed E-state index contributed by atoms with van der Waals surface area (Å²) in [5.41, 5.74) is 0. The topological polar surface area (TPSA) is 47.0 Å². The molecule has 0 fully saturated rings. The van der Waals surface area contributed by atoms with Gasteiger partial charge in [-0.25, -0.2) is 0 Å². The van der Waals surface area contributed by atoms with Crippen molar-refractivity contribution in [3.05, 3.63) is 22.9 Å². The zero-order valence-electron chi connectivity index (χ0n) is 6.57. The van der Waals surface area contributed by atoms with E-state index in [0.717, 1.165) is 11.3 Å². The van der Waals surface area contributed by atoms with E-state index in [4.69, 9.17) is 0 Å². The summed E-state index contributed by atoms with van der Waals surface area (Å²) in [4.78, 5) is 3.85. The van der Waals surface area contributed by atoms with Crippen molar-refractivity contribution in [2.24, 2.45) is 0 Å². The number of halogens is 2. The summed E-state index contributed by atoms with van der Waals surface area (Å²) in [7, 11) is -4.61. The highest BCUT2D eigenvalue weighted by Crippen LogP contribution is 2.33. The van der Waals surface area contributed by atoms with Gasteiger partial charge >= 0.3 is 10.2 Å². The van der Waals surface area contributed by atoms with Crippen LogP contribution in [0.2, 0.25) is 0 Å². The maximum Gasteiger partial charge on any atom is 0.341 e. The molecule has 0 bridgehead atoms. The fourth-order valence-electron chi connectivity index (χ4n) is 1.02. The summed E-state index contributed by atoms with van der Waals surface area (Å²) in [6, 6.07) is 1.29. The predicted molar refractivity (Wildman–Crippen MR) is 55.6 cm³/mol. The maximum absolute atomic E-state index is 12.6. The molecule has 2 aromatic rings. The van der Waals surface area contributed by atoms with Crippen LogP contribution >= 0.6 is 27.3 Å². The molecule has 0 spiro atoms. The molecule has 0 saturated heterocycles. The van der Waals surface area contributed by atoms with Crippen molar-refractivity contribution in [2.45, 2.75) is 4.21 Å². The van der Waals surface area contributed by atoms with Gasteiger partial charge < -0.3 is 0 Å². The zero-order valence-corrected chi connectivity index (χ0v) is 9.79. The van der Waals surface area contributed by atoms with Crippen LogP contribution in [0.25, 0.3) is 10.1 Å². The first kappa shape index (κ1) is 10.0. The summed E-state index contributed by atoms with van der Waals surface area (Å²) in [5, 5.41) is 0.654. The molecule has 0 N–H and O–H groups in total. The van der Waals surface area contributed by atoms with Crippen LogP contribution in [0.5, 0.6) is 0 Å². The van der Waals surface area contributed by atoms with E-state index in [1.165, 1.54) is 18.5 Å². The number of thiophene rings is 1. The number of hydrogen-bond donors (Lipinski definition) is 0. The van der Waals surface area contributed by atoms with Crippen molar-refractivity contribution in [1.82, 2.24) is 4.98 Å². The van der Waals surface area contributed by atoms with E-state index in [0.29, 0.717) is 14.6 Å². The molecule has 2 aromatic heterocycles. The number of rotatable bonds is 1. The van der Waals surface area contributed by atoms with Crippen LogP contribution in [-0.4, -0.2) is 13.4 Å². The Morgan fingerprint density at radius 3 is 2.71 bits per heavy atom. The molecule has 0 aromatic carbocycles. The molecule has 3 nitrogen and oxygen atoms in total. The van der Waals surface area contributed by atoms with Crippen molar-refractivity contribution >= 4 is 47.6 Å². The summed E-state index contributed by atoms with van der Waals surface area (Å²) >= 11 is 4.07. The molecule has 2 heterocycles. The highest BCUT2D eigenvalue weighted by atomic mass is 79.9. The molecule has 0 saturated carbocycles. The monoisotopic (exact) mass is 295 g/mol. The largest absolute Gasteiger partial charge is 0.341 e. The average molecular weight is 296 g/mol. The van der Waals surface area contributed by atoms with E-state index in [9.17, 15) is 12.3 Å². The highest BCUT2D eigenvalue weighted by Gasteiger charge is 2.16. The van der Waals surface area contributed by atoms with Gasteiger partial charge in [-0.2, -0.15) is 8.42 Å². The predicted octanol–water partition coefficient (Wildman–Crippen LogP) is 2.72. The smallest absolute Gasteiger partial charge is 0.262 e. The molecule has 0 radical (unpaired) electrons. The number of aromatic nitrogens is 1. The first-order valence-corrected chi connectivity index (χ1v) is 6.45. The molecule has 0 atom stereocenters. The summed E-state index contributed by atoms with van der Waals surface area (Å²) in [6.07, 6.45) is 3.03. The second-order valence-corrected chi connectivity index (χ2v) is 6.05. The third-order valence-electron chi connectivity index (χ3n) is 1.62. The van der Waals surface area contributed by atoms with Gasteiger partial charge in [-0.1, -0.05) is 3.89 Å². The third-order valence-corrected chi connectivity index (χ3v) is 4.56. The Hall–Kier alpha value is -0.530. The lowest BCUT2D eigenvalue weighted by Gasteiger charge is -1.89. The van der Waals surface area contributed by atoms with Crippen LogP contribution < -0.4 is 0 Å². The van der Waals surface area contributed by atoms with Gasteiger partial charge in [0, 0.05) is 22.3 Å². The summed E-state index contributed by atoms with van der Waals surface area (Å²) in [6.45, 7) is 0. The quantitative estimate of drug-likeness (QED) is 0.760. The first-order chi connectivity index (χ1) is 6.48. The summed E-state index contributed by atoms with van der Waals surface area (Å²) < 4.78 is 34.9. The minimum absolute atomic E-state index is 0.291. The maximum atomic E-state index is 12.6. The van der Waals surface area contributed by atoms with Crippen LogP contribution in [0.4, 0.5) is 3.89 Å². The molecule has 2 rings (SSSR count). The highest BCUT2D eigenvalue weighted by molar-refractivity contribution is 9.10. The van der Waals surface area contributed by atoms with Crippen LogP contribution in [0.15, 0.2) is 27.1 Å². The van der Waals surface area contributed by atoms with Crippen LogP contribution in [-0.2, 0) is 10.2 Å². The Morgan fingerprint density at radius 1 is 1.43 bits per heavy atom. The van der Waals surface area contributed by atoms with E-state index in [1.807, 2.05) is 0 Å². The lowest BCUT2D eigenvalue weighted by atomic mass is 10.3. The van der Waals surface area contributed by atoms with Crippen molar-refractivity contribution < 1.29 is 12.3 Å². The van der Waals surface area contributed by atoms with Gasteiger partial charge in [0.1, 0.15) is 0 Å². The standard InChI is InChI=1S/C7H3BrFNO2S2/c8-5-2-10-3-6-4(5)1-7(13-6)14(9,11)12/h1-3H. The molecule has 0 aliphatic rings. The van der Waals surface area contributed by atoms with Gasteiger partial charge in [0.05, 0.1) is 4.70 Å². The molecule has 74 valence electrons. The molecule has 0 unspecified atom stereocenters. The lowest BCUT2D eigenvalue weighted by molar-refractivity contribution is 0.554. The number of fused-ring (bicyclic) bond motifs is 1. The van der Waals surface area contributed by atoms with Crippen molar-refractivity contribution in [2.75, 3.05) is 0 Å². The van der Waals surface area contributed by atoms with E-state index in [1.54, 1.807) is 0 Å². The Kier molecular flexibility index (Phi) is 2.32. The fourth-order valence-corrected chi connectivity index (χ4v) is 3.31. The lowest BCUT2D eigenvalue weighted by Crippen LogP contribution is -1.85. The Labute approximate surface area is 91.9 Å². The minimum atomic E-state index is -4.61. The molecule has 0 amide bonds. The molecular weight excluding hydrogens is 293 g/mol. The molecule has 7 heteroatoms.